The van der Waals surface area contributed by atoms with E-state index in [-0.39, 0.29) is 0 Å². The van der Waals surface area contributed by atoms with Gasteiger partial charge in [0.25, 0.3) is 0 Å². The molecule has 2 aromatic heterocycles. The van der Waals surface area contributed by atoms with Crippen molar-refractivity contribution in [3.05, 3.63) is 96.1 Å². The van der Waals surface area contributed by atoms with Gasteiger partial charge in [-0.1, -0.05) is 54.6 Å². The van der Waals surface area contributed by atoms with Crippen LogP contribution < -0.4 is 0 Å². The van der Waals surface area contributed by atoms with Crippen molar-refractivity contribution in [1.82, 2.24) is 9.38 Å². The van der Waals surface area contributed by atoms with Gasteiger partial charge in [0.2, 0.25) is 0 Å². The van der Waals surface area contributed by atoms with Crippen molar-refractivity contribution in [2.24, 2.45) is 0 Å². The first kappa shape index (κ1) is 14.4. The van der Waals surface area contributed by atoms with E-state index >= 15 is 0 Å². The smallest absolute Gasteiger partial charge is 0.146 e. The highest BCUT2D eigenvalue weighted by Gasteiger charge is 2.21. The van der Waals surface area contributed by atoms with E-state index in [9.17, 15) is 0 Å². The number of hydrogen-bond donors (Lipinski definition) is 0. The third kappa shape index (κ3) is 1.70. The Morgan fingerprint density at radius 1 is 0.607 bits per heavy atom. The minimum absolute atomic E-state index is 1.01. The number of aromatic nitrogens is 2. The molecule has 4 aromatic carbocycles. The summed E-state index contributed by atoms with van der Waals surface area (Å²) in [6, 6.07) is 30.6. The molecule has 130 valence electrons. The molecular formula is C26H16N2. The summed E-state index contributed by atoms with van der Waals surface area (Å²) in [5.41, 5.74) is 10.0. The van der Waals surface area contributed by atoms with Crippen LogP contribution in [-0.2, 0) is 6.42 Å². The van der Waals surface area contributed by atoms with E-state index in [2.05, 4.69) is 89.3 Å². The summed E-state index contributed by atoms with van der Waals surface area (Å²) in [6.45, 7) is 0. The summed E-state index contributed by atoms with van der Waals surface area (Å²) in [5.74, 6) is 0. The van der Waals surface area contributed by atoms with Crippen LogP contribution in [0.5, 0.6) is 0 Å². The summed E-state index contributed by atoms with van der Waals surface area (Å²) in [7, 11) is 0. The number of nitrogens with zero attached hydrogens (tertiary/aromatic N) is 2. The first-order valence-electron chi connectivity index (χ1n) is 9.71. The van der Waals surface area contributed by atoms with Gasteiger partial charge in [-0.05, 0) is 64.4 Å². The fourth-order valence-electron chi connectivity index (χ4n) is 4.94. The van der Waals surface area contributed by atoms with Gasteiger partial charge in [-0.15, -0.1) is 0 Å². The Morgan fingerprint density at radius 2 is 1.39 bits per heavy atom. The summed E-state index contributed by atoms with van der Waals surface area (Å²) in [5, 5.41) is 3.81. The number of benzene rings is 4. The molecule has 0 unspecified atom stereocenters. The van der Waals surface area contributed by atoms with Crippen LogP contribution in [0.3, 0.4) is 0 Å². The second-order valence-corrected chi connectivity index (χ2v) is 7.67. The molecule has 6 aromatic rings. The molecular weight excluding hydrogens is 340 g/mol. The molecule has 28 heavy (non-hydrogen) atoms. The predicted molar refractivity (Wildman–Crippen MR) is 116 cm³/mol. The Bertz CT molecular complexity index is 1590. The van der Waals surface area contributed by atoms with Crippen molar-refractivity contribution in [1.29, 1.82) is 0 Å². The fraction of sp³-hybridized carbons (Fsp3) is 0.0385. The zero-order chi connectivity index (χ0) is 18.2. The molecule has 7 rings (SSSR count). The molecule has 0 spiro atoms. The maximum atomic E-state index is 5.04. The summed E-state index contributed by atoms with van der Waals surface area (Å²) in [4.78, 5) is 5.04. The van der Waals surface area contributed by atoms with Crippen LogP contribution in [0.2, 0.25) is 0 Å². The van der Waals surface area contributed by atoms with Crippen LogP contribution in [0.4, 0.5) is 0 Å². The monoisotopic (exact) mass is 356 g/mol. The lowest BCUT2D eigenvalue weighted by Gasteiger charge is -2.11. The molecule has 1 aliphatic rings. The average Bonchev–Trinajstić information content (AvgIpc) is 3.31. The molecule has 0 fully saturated rings. The van der Waals surface area contributed by atoms with Gasteiger partial charge in [0.1, 0.15) is 5.65 Å². The highest BCUT2D eigenvalue weighted by molar-refractivity contribution is 6.15. The predicted octanol–water partition coefficient (Wildman–Crippen LogP) is 6.37. The molecule has 2 nitrogen and oxygen atoms in total. The van der Waals surface area contributed by atoms with Gasteiger partial charge in [0, 0.05) is 10.8 Å². The maximum absolute atomic E-state index is 5.04. The molecule has 0 N–H and O–H groups in total. The van der Waals surface area contributed by atoms with Crippen molar-refractivity contribution in [2.45, 2.75) is 6.42 Å². The van der Waals surface area contributed by atoms with Gasteiger partial charge in [0.05, 0.1) is 16.6 Å². The van der Waals surface area contributed by atoms with E-state index < -0.39 is 0 Å². The average molecular weight is 356 g/mol. The third-order valence-corrected chi connectivity index (χ3v) is 6.17. The van der Waals surface area contributed by atoms with E-state index in [0.717, 1.165) is 23.1 Å². The minimum Gasteiger partial charge on any atom is -0.292 e. The Labute approximate surface area is 161 Å². The maximum Gasteiger partial charge on any atom is 0.146 e. The Kier molecular flexibility index (Phi) is 2.57. The highest BCUT2D eigenvalue weighted by atomic mass is 15.0. The number of fused-ring (bicyclic) bond motifs is 11. The largest absolute Gasteiger partial charge is 0.292 e. The molecule has 0 aliphatic heterocycles. The second-order valence-electron chi connectivity index (χ2n) is 7.67. The zero-order valence-electron chi connectivity index (χ0n) is 15.2. The van der Waals surface area contributed by atoms with Crippen LogP contribution in [0.1, 0.15) is 11.1 Å². The molecule has 0 saturated carbocycles. The van der Waals surface area contributed by atoms with Crippen molar-refractivity contribution in [3.63, 3.8) is 0 Å². The van der Waals surface area contributed by atoms with Crippen LogP contribution in [0.25, 0.3) is 49.5 Å². The number of pyridine rings is 1. The Hall–Kier alpha value is -3.65. The van der Waals surface area contributed by atoms with Crippen molar-refractivity contribution < 1.29 is 0 Å². The van der Waals surface area contributed by atoms with Crippen LogP contribution in [-0.4, -0.2) is 9.38 Å². The van der Waals surface area contributed by atoms with E-state index in [4.69, 9.17) is 4.98 Å². The summed E-state index contributed by atoms with van der Waals surface area (Å²) >= 11 is 0. The van der Waals surface area contributed by atoms with E-state index in [0.29, 0.717) is 0 Å². The Balaban J connectivity index is 1.75. The zero-order valence-corrected chi connectivity index (χ0v) is 15.2. The molecule has 2 heterocycles. The summed E-state index contributed by atoms with van der Waals surface area (Å²) in [6.07, 6.45) is 1.01. The molecule has 1 aliphatic carbocycles. The Morgan fingerprint density at radius 3 is 2.36 bits per heavy atom. The lowest BCUT2D eigenvalue weighted by Crippen LogP contribution is -1.92. The van der Waals surface area contributed by atoms with Crippen molar-refractivity contribution >= 4 is 38.4 Å². The van der Waals surface area contributed by atoms with Gasteiger partial charge in [0.15, 0.2) is 0 Å². The van der Waals surface area contributed by atoms with E-state index in [1.807, 2.05) is 0 Å². The topological polar surface area (TPSA) is 17.3 Å². The number of imidazole rings is 1. The minimum atomic E-state index is 1.01. The van der Waals surface area contributed by atoms with Gasteiger partial charge in [-0.25, -0.2) is 4.98 Å². The molecule has 0 saturated heterocycles. The van der Waals surface area contributed by atoms with E-state index in [1.165, 1.54) is 43.9 Å². The molecule has 2 heteroatoms. The third-order valence-electron chi connectivity index (χ3n) is 6.17. The number of hydrogen-bond acceptors (Lipinski definition) is 1. The van der Waals surface area contributed by atoms with Crippen molar-refractivity contribution in [2.75, 3.05) is 0 Å². The number of rotatable bonds is 0. The first-order valence-corrected chi connectivity index (χ1v) is 9.71. The standard InChI is InChI=1S/C26H16N2/c1-2-8-18-16(7-1)13-17-14-21-19-9-3-5-11-24(19)28-25-12-6-4-10-23(25)27-26(28)22(21)15-20(17)18/h1-12,14-15H,13H2. The second kappa shape index (κ2) is 4.99. The lowest BCUT2D eigenvalue weighted by molar-refractivity contribution is 1.27. The normalized spacial score (nSPS) is 12.9. The molecule has 0 atom stereocenters. The van der Waals surface area contributed by atoms with Crippen LogP contribution >= 0.6 is 0 Å². The van der Waals surface area contributed by atoms with Gasteiger partial charge in [-0.3, -0.25) is 4.40 Å². The summed E-state index contributed by atoms with van der Waals surface area (Å²) < 4.78 is 2.32. The lowest BCUT2D eigenvalue weighted by atomic mass is 9.98. The van der Waals surface area contributed by atoms with Crippen LogP contribution in [0, 0.1) is 0 Å². The quantitative estimate of drug-likeness (QED) is 0.289. The van der Waals surface area contributed by atoms with Gasteiger partial charge < -0.3 is 0 Å². The van der Waals surface area contributed by atoms with Gasteiger partial charge >= 0.3 is 0 Å². The molecule has 0 amide bonds. The van der Waals surface area contributed by atoms with Crippen LogP contribution in [0.15, 0.2) is 84.9 Å². The van der Waals surface area contributed by atoms with Gasteiger partial charge in [-0.2, -0.15) is 0 Å². The number of para-hydroxylation sites is 3. The first-order chi connectivity index (χ1) is 13.9. The van der Waals surface area contributed by atoms with Crippen molar-refractivity contribution in [3.8, 4) is 11.1 Å². The molecule has 0 radical (unpaired) electrons. The molecule has 0 bridgehead atoms. The SMILES string of the molecule is c1ccc2c(c1)Cc1cc3c4ccccc4n4c5ccccc5nc4c3cc1-2. The highest BCUT2D eigenvalue weighted by Crippen LogP contribution is 2.41. The van der Waals surface area contributed by atoms with E-state index in [1.54, 1.807) is 0 Å². The fourth-order valence-corrected chi connectivity index (χ4v) is 4.94.